The van der Waals surface area contributed by atoms with Crippen molar-refractivity contribution in [1.29, 1.82) is 0 Å². The predicted octanol–water partition coefficient (Wildman–Crippen LogP) is 3.26. The summed E-state index contributed by atoms with van der Waals surface area (Å²) in [6, 6.07) is 11.4. The first-order valence-corrected chi connectivity index (χ1v) is 6.49. The lowest BCUT2D eigenvalue weighted by Crippen LogP contribution is -1.96. The minimum absolute atomic E-state index is 0.246. The number of fused-ring (bicyclic) bond motifs is 1. The van der Waals surface area contributed by atoms with Crippen LogP contribution >= 0.6 is 0 Å². The van der Waals surface area contributed by atoms with Crippen molar-refractivity contribution in [1.82, 2.24) is 9.38 Å². The van der Waals surface area contributed by atoms with Gasteiger partial charge in [0.25, 0.3) is 0 Å². The number of carbonyl (C=O) groups is 1. The van der Waals surface area contributed by atoms with Gasteiger partial charge in [-0.15, -0.1) is 0 Å². The minimum atomic E-state index is -0.940. The zero-order valence-corrected chi connectivity index (χ0v) is 11.1. The van der Waals surface area contributed by atoms with Gasteiger partial charge in [-0.3, -0.25) is 0 Å². The second-order valence-corrected chi connectivity index (χ2v) is 4.66. The molecule has 0 aliphatic rings. The van der Waals surface area contributed by atoms with Crippen molar-refractivity contribution >= 4 is 11.6 Å². The number of aryl methyl sites for hydroxylation is 1. The molecule has 0 aliphatic heterocycles. The van der Waals surface area contributed by atoms with Gasteiger partial charge in [0.05, 0.1) is 11.3 Å². The molecule has 2 heterocycles. The Morgan fingerprint density at radius 3 is 2.65 bits per heavy atom. The number of rotatable bonds is 3. The third kappa shape index (κ3) is 2.16. The Morgan fingerprint density at radius 1 is 1.25 bits per heavy atom. The normalized spacial score (nSPS) is 10.8. The van der Waals surface area contributed by atoms with Crippen LogP contribution in [0.4, 0.5) is 0 Å². The molecule has 0 radical (unpaired) electrons. The van der Waals surface area contributed by atoms with E-state index < -0.39 is 5.97 Å². The summed E-state index contributed by atoms with van der Waals surface area (Å²) in [4.78, 5) is 15.4. The zero-order chi connectivity index (χ0) is 14.1. The molecule has 0 unspecified atom stereocenters. The molecular weight excluding hydrogens is 252 g/mol. The lowest BCUT2D eigenvalue weighted by Gasteiger charge is -1.98. The maximum Gasteiger partial charge on any atom is 0.335 e. The Morgan fingerprint density at radius 2 is 2.00 bits per heavy atom. The molecule has 0 bridgehead atoms. The summed E-state index contributed by atoms with van der Waals surface area (Å²) in [5, 5.41) is 8.99. The number of nitrogens with zero attached hydrogens (tertiary/aromatic N) is 2. The van der Waals surface area contributed by atoms with Crippen LogP contribution < -0.4 is 0 Å². The molecular formula is C16H14N2O2. The van der Waals surface area contributed by atoms with Crippen LogP contribution in [0.15, 0.2) is 48.8 Å². The maximum atomic E-state index is 11.0. The van der Waals surface area contributed by atoms with Crippen LogP contribution in [0.2, 0.25) is 0 Å². The summed E-state index contributed by atoms with van der Waals surface area (Å²) >= 11 is 0. The van der Waals surface area contributed by atoms with Gasteiger partial charge in [-0.05, 0) is 24.1 Å². The van der Waals surface area contributed by atoms with Crippen LogP contribution in [0, 0.1) is 0 Å². The standard InChI is InChI=1S/C16H14N2O2/c1-2-11-3-5-12(6-4-11)14-10-18-8-7-13(16(19)20)9-15(18)17-14/h3-10H,2H2,1H3,(H,19,20). The van der Waals surface area contributed by atoms with Crippen molar-refractivity contribution in [2.24, 2.45) is 0 Å². The Kier molecular flexibility index (Phi) is 2.99. The van der Waals surface area contributed by atoms with Gasteiger partial charge in [0.2, 0.25) is 0 Å². The third-order valence-electron chi connectivity index (χ3n) is 3.37. The molecule has 4 nitrogen and oxygen atoms in total. The Labute approximate surface area is 116 Å². The lowest BCUT2D eigenvalue weighted by molar-refractivity contribution is 0.0697. The Bertz CT molecular complexity index is 773. The monoisotopic (exact) mass is 266 g/mol. The van der Waals surface area contributed by atoms with Crippen LogP contribution in [0.5, 0.6) is 0 Å². The maximum absolute atomic E-state index is 11.0. The summed E-state index contributed by atoms with van der Waals surface area (Å²) in [5.74, 6) is -0.940. The van der Waals surface area contributed by atoms with Crippen molar-refractivity contribution in [3.63, 3.8) is 0 Å². The molecule has 4 heteroatoms. The molecule has 0 atom stereocenters. The van der Waals surface area contributed by atoms with Crippen molar-refractivity contribution in [3.8, 4) is 11.3 Å². The smallest absolute Gasteiger partial charge is 0.335 e. The highest BCUT2D eigenvalue weighted by Gasteiger charge is 2.08. The van der Waals surface area contributed by atoms with Crippen LogP contribution in [-0.2, 0) is 6.42 Å². The van der Waals surface area contributed by atoms with E-state index in [1.807, 2.05) is 22.7 Å². The van der Waals surface area contributed by atoms with E-state index in [4.69, 9.17) is 5.11 Å². The van der Waals surface area contributed by atoms with Gasteiger partial charge >= 0.3 is 5.97 Å². The minimum Gasteiger partial charge on any atom is -0.478 e. The second-order valence-electron chi connectivity index (χ2n) is 4.66. The van der Waals surface area contributed by atoms with Gasteiger partial charge in [-0.25, -0.2) is 9.78 Å². The molecule has 0 saturated heterocycles. The van der Waals surface area contributed by atoms with Crippen LogP contribution in [0.25, 0.3) is 16.9 Å². The molecule has 0 amide bonds. The number of pyridine rings is 1. The molecule has 1 N–H and O–H groups in total. The van der Waals surface area contributed by atoms with Crippen molar-refractivity contribution in [2.45, 2.75) is 13.3 Å². The van der Waals surface area contributed by atoms with E-state index in [9.17, 15) is 4.79 Å². The molecule has 20 heavy (non-hydrogen) atoms. The average molecular weight is 266 g/mol. The number of carboxylic acid groups (broad SMARTS) is 1. The summed E-state index contributed by atoms with van der Waals surface area (Å²) in [6.45, 7) is 2.12. The third-order valence-corrected chi connectivity index (χ3v) is 3.37. The number of hydrogen-bond acceptors (Lipinski definition) is 2. The molecule has 2 aromatic heterocycles. The van der Waals surface area contributed by atoms with E-state index in [-0.39, 0.29) is 5.56 Å². The molecule has 3 aromatic rings. The summed E-state index contributed by atoms with van der Waals surface area (Å²) < 4.78 is 1.83. The van der Waals surface area contributed by atoms with Crippen LogP contribution in [0.3, 0.4) is 0 Å². The van der Waals surface area contributed by atoms with Gasteiger partial charge in [0.15, 0.2) is 0 Å². The number of aromatic nitrogens is 2. The first-order valence-electron chi connectivity index (χ1n) is 6.49. The Balaban J connectivity index is 2.05. The van der Waals surface area contributed by atoms with Gasteiger partial charge in [-0.2, -0.15) is 0 Å². The molecule has 0 saturated carbocycles. The van der Waals surface area contributed by atoms with E-state index >= 15 is 0 Å². The van der Waals surface area contributed by atoms with E-state index in [1.54, 1.807) is 18.3 Å². The van der Waals surface area contributed by atoms with Crippen molar-refractivity contribution < 1.29 is 9.90 Å². The number of benzene rings is 1. The fraction of sp³-hybridized carbons (Fsp3) is 0.125. The average Bonchev–Trinajstić information content (AvgIpc) is 2.90. The van der Waals surface area contributed by atoms with Gasteiger partial charge in [-0.1, -0.05) is 31.2 Å². The van der Waals surface area contributed by atoms with E-state index in [0.29, 0.717) is 5.65 Å². The quantitative estimate of drug-likeness (QED) is 0.791. The van der Waals surface area contributed by atoms with Gasteiger partial charge in [0, 0.05) is 18.0 Å². The molecule has 0 fully saturated rings. The number of imidazole rings is 1. The van der Waals surface area contributed by atoms with Gasteiger partial charge in [0.1, 0.15) is 5.65 Å². The molecule has 3 rings (SSSR count). The Hall–Kier alpha value is -2.62. The highest BCUT2D eigenvalue weighted by atomic mass is 16.4. The first-order chi connectivity index (χ1) is 9.67. The first kappa shape index (κ1) is 12.4. The molecule has 1 aromatic carbocycles. The van der Waals surface area contributed by atoms with E-state index in [2.05, 4.69) is 24.0 Å². The van der Waals surface area contributed by atoms with E-state index in [1.165, 1.54) is 5.56 Å². The predicted molar refractivity (Wildman–Crippen MR) is 77.0 cm³/mol. The topological polar surface area (TPSA) is 54.6 Å². The highest BCUT2D eigenvalue weighted by molar-refractivity contribution is 5.88. The summed E-state index contributed by atoms with van der Waals surface area (Å²) in [6.07, 6.45) is 4.63. The molecule has 0 spiro atoms. The summed E-state index contributed by atoms with van der Waals surface area (Å²) in [5.41, 5.74) is 4.04. The number of carboxylic acids is 1. The lowest BCUT2D eigenvalue weighted by atomic mass is 10.1. The fourth-order valence-electron chi connectivity index (χ4n) is 2.17. The van der Waals surface area contributed by atoms with Crippen molar-refractivity contribution in [3.05, 3.63) is 59.9 Å². The van der Waals surface area contributed by atoms with Crippen LogP contribution in [-0.4, -0.2) is 20.5 Å². The van der Waals surface area contributed by atoms with Gasteiger partial charge < -0.3 is 9.51 Å². The summed E-state index contributed by atoms with van der Waals surface area (Å²) in [7, 11) is 0. The largest absolute Gasteiger partial charge is 0.478 e. The number of hydrogen-bond donors (Lipinski definition) is 1. The fourth-order valence-corrected chi connectivity index (χ4v) is 2.17. The van der Waals surface area contributed by atoms with Crippen molar-refractivity contribution in [2.75, 3.05) is 0 Å². The number of aromatic carboxylic acids is 1. The van der Waals surface area contributed by atoms with Crippen LogP contribution in [0.1, 0.15) is 22.8 Å². The molecule has 100 valence electrons. The second kappa shape index (κ2) is 4.81. The zero-order valence-electron chi connectivity index (χ0n) is 11.1. The molecule has 0 aliphatic carbocycles. The SMILES string of the molecule is CCc1ccc(-c2cn3ccc(C(=O)O)cc3n2)cc1. The highest BCUT2D eigenvalue weighted by Crippen LogP contribution is 2.20. The van der Waals surface area contributed by atoms with E-state index in [0.717, 1.165) is 17.7 Å².